The minimum absolute atomic E-state index is 0.539. The predicted molar refractivity (Wildman–Crippen MR) is 56.5 cm³/mol. The van der Waals surface area contributed by atoms with Gasteiger partial charge in [0, 0.05) is 5.75 Å². The lowest BCUT2D eigenvalue weighted by Crippen LogP contribution is -2.02. The number of hydrogen-bond acceptors (Lipinski definition) is 3. The Labute approximate surface area is 75.8 Å². The Morgan fingerprint density at radius 3 is 2.90 bits per heavy atom. The molecule has 0 aromatic carbocycles. The van der Waals surface area contributed by atoms with E-state index in [9.17, 15) is 0 Å². The molecule has 0 saturated heterocycles. The first-order valence-electron chi connectivity index (χ1n) is 2.87. The zero-order chi connectivity index (χ0) is 7.82. The standard InChI is InChI=1S/C6H11NS3/c1-9-4-2-3-5-10-6(7)8/h2,4H,3,5H2,1H3,(H2,7,8)/b4-2+. The van der Waals surface area contributed by atoms with Crippen molar-refractivity contribution in [2.75, 3.05) is 12.0 Å². The Morgan fingerprint density at radius 1 is 1.70 bits per heavy atom. The number of allylic oxidation sites excluding steroid dienone is 1. The summed E-state index contributed by atoms with van der Waals surface area (Å²) in [5.74, 6) is 0.992. The number of hydrogen-bond donors (Lipinski definition) is 1. The van der Waals surface area contributed by atoms with Crippen LogP contribution in [0.3, 0.4) is 0 Å². The summed E-state index contributed by atoms with van der Waals surface area (Å²) in [5, 5.41) is 2.07. The van der Waals surface area contributed by atoms with E-state index in [2.05, 4.69) is 23.7 Å². The monoisotopic (exact) mass is 193 g/mol. The maximum atomic E-state index is 5.27. The van der Waals surface area contributed by atoms with Gasteiger partial charge in [0.25, 0.3) is 0 Å². The van der Waals surface area contributed by atoms with E-state index in [1.807, 2.05) is 6.26 Å². The highest BCUT2D eigenvalue weighted by Gasteiger charge is 1.86. The molecule has 0 heterocycles. The first kappa shape index (κ1) is 10.3. The molecule has 58 valence electrons. The molecule has 0 unspecified atom stereocenters. The van der Waals surface area contributed by atoms with E-state index < -0.39 is 0 Å². The third-order valence-corrected chi connectivity index (χ3v) is 2.30. The van der Waals surface area contributed by atoms with Crippen molar-refractivity contribution in [1.29, 1.82) is 0 Å². The van der Waals surface area contributed by atoms with E-state index in [0.29, 0.717) is 4.32 Å². The van der Waals surface area contributed by atoms with Gasteiger partial charge in [0.15, 0.2) is 0 Å². The molecule has 0 rings (SSSR count). The van der Waals surface area contributed by atoms with Crippen molar-refractivity contribution in [2.24, 2.45) is 5.73 Å². The Hall–Kier alpha value is 0.330. The number of thioether (sulfide) groups is 2. The first-order valence-corrected chi connectivity index (χ1v) is 5.55. The average molecular weight is 193 g/mol. The zero-order valence-electron chi connectivity index (χ0n) is 5.87. The van der Waals surface area contributed by atoms with Crippen molar-refractivity contribution in [2.45, 2.75) is 6.42 Å². The lowest BCUT2D eigenvalue weighted by Gasteiger charge is -1.92. The van der Waals surface area contributed by atoms with E-state index in [0.717, 1.165) is 12.2 Å². The van der Waals surface area contributed by atoms with E-state index >= 15 is 0 Å². The smallest absolute Gasteiger partial charge is 0.131 e. The Morgan fingerprint density at radius 2 is 2.40 bits per heavy atom. The molecule has 2 N–H and O–H groups in total. The zero-order valence-corrected chi connectivity index (χ0v) is 8.32. The van der Waals surface area contributed by atoms with Gasteiger partial charge in [-0.2, -0.15) is 0 Å². The molecule has 0 aromatic rings. The number of rotatable bonds is 4. The Balaban J connectivity index is 3.05. The summed E-state index contributed by atoms with van der Waals surface area (Å²) in [5.41, 5.74) is 5.27. The van der Waals surface area contributed by atoms with Gasteiger partial charge in [-0.15, -0.1) is 11.8 Å². The van der Waals surface area contributed by atoms with Gasteiger partial charge in [-0.3, -0.25) is 0 Å². The second-order valence-electron chi connectivity index (χ2n) is 1.56. The van der Waals surface area contributed by atoms with Crippen molar-refractivity contribution in [1.82, 2.24) is 0 Å². The van der Waals surface area contributed by atoms with Gasteiger partial charge in [0.05, 0.1) is 0 Å². The maximum absolute atomic E-state index is 5.27. The van der Waals surface area contributed by atoms with Gasteiger partial charge in [-0.25, -0.2) is 0 Å². The molecule has 10 heavy (non-hydrogen) atoms. The van der Waals surface area contributed by atoms with Crippen molar-refractivity contribution in [3.05, 3.63) is 11.5 Å². The molecule has 4 heteroatoms. The van der Waals surface area contributed by atoms with Crippen molar-refractivity contribution in [3.63, 3.8) is 0 Å². The highest BCUT2D eigenvalue weighted by Crippen LogP contribution is 2.03. The second-order valence-corrected chi connectivity index (χ2v) is 4.14. The Kier molecular flexibility index (Phi) is 7.68. The normalized spacial score (nSPS) is 10.5. The summed E-state index contributed by atoms with van der Waals surface area (Å²) < 4.78 is 0.539. The van der Waals surface area contributed by atoms with Gasteiger partial charge >= 0.3 is 0 Å². The molecular formula is C6H11NS3. The van der Waals surface area contributed by atoms with Gasteiger partial charge in [-0.05, 0) is 18.1 Å². The third kappa shape index (κ3) is 8.33. The quantitative estimate of drug-likeness (QED) is 0.547. The summed E-state index contributed by atoms with van der Waals surface area (Å²) in [6.07, 6.45) is 5.20. The van der Waals surface area contributed by atoms with E-state index in [-0.39, 0.29) is 0 Å². The van der Waals surface area contributed by atoms with E-state index in [4.69, 9.17) is 5.73 Å². The first-order chi connectivity index (χ1) is 4.77. The molecule has 1 nitrogen and oxygen atoms in total. The fourth-order valence-corrected chi connectivity index (χ4v) is 1.43. The van der Waals surface area contributed by atoms with Crippen LogP contribution in [0.25, 0.3) is 0 Å². The molecule has 0 amide bonds. The molecule has 0 aliphatic heterocycles. The summed E-state index contributed by atoms with van der Waals surface area (Å²) in [6.45, 7) is 0. The summed E-state index contributed by atoms with van der Waals surface area (Å²) in [7, 11) is 0. The van der Waals surface area contributed by atoms with Gasteiger partial charge in [0.2, 0.25) is 0 Å². The van der Waals surface area contributed by atoms with Gasteiger partial charge in [0.1, 0.15) is 4.32 Å². The molecule has 0 saturated carbocycles. The van der Waals surface area contributed by atoms with Gasteiger partial charge < -0.3 is 5.73 Å². The fraction of sp³-hybridized carbons (Fsp3) is 0.500. The van der Waals surface area contributed by atoms with Crippen LogP contribution >= 0.6 is 35.7 Å². The van der Waals surface area contributed by atoms with Crippen LogP contribution in [0.4, 0.5) is 0 Å². The van der Waals surface area contributed by atoms with Gasteiger partial charge in [-0.1, -0.05) is 30.1 Å². The van der Waals surface area contributed by atoms with Crippen LogP contribution in [-0.4, -0.2) is 16.3 Å². The van der Waals surface area contributed by atoms with Crippen LogP contribution in [0.15, 0.2) is 11.5 Å². The molecule has 0 aliphatic rings. The topological polar surface area (TPSA) is 26.0 Å². The number of thiocarbonyl (C=S) groups is 1. The summed E-state index contributed by atoms with van der Waals surface area (Å²) >= 11 is 7.92. The highest BCUT2D eigenvalue weighted by atomic mass is 32.2. The third-order valence-electron chi connectivity index (χ3n) is 0.761. The van der Waals surface area contributed by atoms with Crippen LogP contribution in [0.2, 0.25) is 0 Å². The van der Waals surface area contributed by atoms with Crippen molar-refractivity contribution >= 4 is 40.1 Å². The van der Waals surface area contributed by atoms with Crippen LogP contribution in [0, 0.1) is 0 Å². The molecule has 0 atom stereocenters. The maximum Gasteiger partial charge on any atom is 0.131 e. The van der Waals surface area contributed by atoms with Crippen LogP contribution in [0.1, 0.15) is 6.42 Å². The molecular weight excluding hydrogens is 182 g/mol. The SMILES string of the molecule is CS/C=C/CCSC(N)=S. The molecule has 0 aliphatic carbocycles. The molecule has 0 bridgehead atoms. The lowest BCUT2D eigenvalue weighted by molar-refractivity contribution is 1.26. The lowest BCUT2D eigenvalue weighted by atomic mass is 10.5. The molecule has 0 aromatic heterocycles. The minimum atomic E-state index is 0.539. The Bertz CT molecular complexity index is 122. The van der Waals surface area contributed by atoms with Crippen molar-refractivity contribution < 1.29 is 0 Å². The minimum Gasteiger partial charge on any atom is -0.385 e. The van der Waals surface area contributed by atoms with E-state index in [1.54, 1.807) is 11.8 Å². The van der Waals surface area contributed by atoms with Crippen molar-refractivity contribution in [3.8, 4) is 0 Å². The van der Waals surface area contributed by atoms with Crippen LogP contribution < -0.4 is 5.73 Å². The van der Waals surface area contributed by atoms with Crippen LogP contribution in [-0.2, 0) is 0 Å². The molecule has 0 radical (unpaired) electrons. The van der Waals surface area contributed by atoms with E-state index in [1.165, 1.54) is 11.8 Å². The largest absolute Gasteiger partial charge is 0.385 e. The highest BCUT2D eigenvalue weighted by molar-refractivity contribution is 8.22. The number of nitrogens with two attached hydrogens (primary N) is 1. The summed E-state index contributed by atoms with van der Waals surface area (Å²) in [6, 6.07) is 0. The fourth-order valence-electron chi connectivity index (χ4n) is 0.392. The predicted octanol–water partition coefficient (Wildman–Crippen LogP) is 2.23. The molecule has 0 fully saturated rings. The second kappa shape index (κ2) is 7.44. The molecule has 0 spiro atoms. The average Bonchev–Trinajstić information content (AvgIpc) is 1.87. The summed E-state index contributed by atoms with van der Waals surface area (Å²) in [4.78, 5) is 0. The van der Waals surface area contributed by atoms with Crippen LogP contribution in [0.5, 0.6) is 0 Å².